The number of ether oxygens (including phenoxy) is 2. The van der Waals surface area contributed by atoms with Crippen LogP contribution in [-0.4, -0.2) is 18.1 Å². The Balaban J connectivity index is 1.51. The van der Waals surface area contributed by atoms with Crippen LogP contribution in [0.2, 0.25) is 5.02 Å². The molecule has 5 heteroatoms. The number of pyridine rings is 1. The zero-order chi connectivity index (χ0) is 22.1. The Kier molecular flexibility index (Phi) is 5.38. The Morgan fingerprint density at radius 3 is 2.53 bits per heavy atom. The number of hydrogen-bond donors (Lipinski definition) is 0. The van der Waals surface area contributed by atoms with Crippen molar-refractivity contribution < 1.29 is 14.3 Å². The molecule has 3 aromatic carbocycles. The van der Waals surface area contributed by atoms with Crippen molar-refractivity contribution in [3.63, 3.8) is 0 Å². The molecule has 0 unspecified atom stereocenters. The minimum absolute atomic E-state index is 0.368. The van der Waals surface area contributed by atoms with Gasteiger partial charge in [0.1, 0.15) is 12.4 Å². The predicted molar refractivity (Wildman–Crippen MR) is 125 cm³/mol. The highest BCUT2D eigenvalue weighted by atomic mass is 35.5. The van der Waals surface area contributed by atoms with Crippen molar-refractivity contribution in [2.75, 3.05) is 7.11 Å². The van der Waals surface area contributed by atoms with Crippen molar-refractivity contribution >= 4 is 17.6 Å². The maximum Gasteiger partial charge on any atom is 0.338 e. The van der Waals surface area contributed by atoms with Crippen LogP contribution in [0.3, 0.4) is 0 Å². The van der Waals surface area contributed by atoms with Gasteiger partial charge in [-0.15, -0.1) is 0 Å². The summed E-state index contributed by atoms with van der Waals surface area (Å²) in [4.78, 5) is 17.5. The molecule has 1 aliphatic rings. The molecule has 5 rings (SSSR count). The van der Waals surface area contributed by atoms with Gasteiger partial charge in [-0.2, -0.15) is 0 Å². The lowest BCUT2D eigenvalue weighted by molar-refractivity contribution is 0.0599. The Morgan fingerprint density at radius 2 is 1.78 bits per heavy atom. The molecule has 158 valence electrons. The number of halogens is 1. The smallest absolute Gasteiger partial charge is 0.338 e. The molecule has 32 heavy (non-hydrogen) atoms. The lowest BCUT2D eigenvalue weighted by Gasteiger charge is -2.10. The van der Waals surface area contributed by atoms with Crippen LogP contribution in [0.15, 0.2) is 78.9 Å². The molecule has 0 spiro atoms. The van der Waals surface area contributed by atoms with Gasteiger partial charge in [0.15, 0.2) is 0 Å². The van der Waals surface area contributed by atoms with Crippen LogP contribution >= 0.6 is 11.6 Å². The van der Waals surface area contributed by atoms with Gasteiger partial charge in [0.25, 0.3) is 0 Å². The van der Waals surface area contributed by atoms with Crippen LogP contribution in [-0.2, 0) is 17.8 Å². The summed E-state index contributed by atoms with van der Waals surface area (Å²) in [6, 6.07) is 25.3. The molecular weight excluding hydrogens is 422 g/mol. The van der Waals surface area contributed by atoms with E-state index in [1.54, 1.807) is 6.07 Å². The van der Waals surface area contributed by atoms with Crippen molar-refractivity contribution in [2.24, 2.45) is 0 Å². The van der Waals surface area contributed by atoms with Crippen LogP contribution in [0.5, 0.6) is 5.75 Å². The third-order valence-electron chi connectivity index (χ3n) is 5.62. The first-order valence-electron chi connectivity index (χ1n) is 10.3. The monoisotopic (exact) mass is 441 g/mol. The van der Waals surface area contributed by atoms with Crippen LogP contribution in [0.25, 0.3) is 22.5 Å². The number of methoxy groups -OCH3 is 1. The SMILES string of the molecule is COC(=O)c1cc(-c2ccc(Cl)cc2)nc2c1Cc1cc(OCc3ccccc3)ccc1-2. The zero-order valence-electron chi connectivity index (χ0n) is 17.5. The molecule has 1 heterocycles. The van der Waals surface area contributed by atoms with Gasteiger partial charge in [0, 0.05) is 22.6 Å². The average molecular weight is 442 g/mol. The Hall–Kier alpha value is -3.63. The van der Waals surface area contributed by atoms with E-state index in [1.165, 1.54) is 7.11 Å². The molecule has 4 nitrogen and oxygen atoms in total. The number of hydrogen-bond acceptors (Lipinski definition) is 4. The average Bonchev–Trinajstić information content (AvgIpc) is 3.20. The lowest BCUT2D eigenvalue weighted by Crippen LogP contribution is -2.07. The van der Waals surface area contributed by atoms with Gasteiger partial charge in [-0.1, -0.05) is 54.1 Å². The number of carbonyl (C=O) groups excluding carboxylic acids is 1. The van der Waals surface area contributed by atoms with Crippen molar-refractivity contribution in [2.45, 2.75) is 13.0 Å². The molecule has 4 aromatic rings. The quantitative estimate of drug-likeness (QED) is 0.299. The first kappa shape index (κ1) is 20.3. The van der Waals surface area contributed by atoms with E-state index in [-0.39, 0.29) is 5.97 Å². The minimum atomic E-state index is -0.368. The van der Waals surface area contributed by atoms with Crippen LogP contribution < -0.4 is 4.74 Å². The summed E-state index contributed by atoms with van der Waals surface area (Å²) in [6.07, 6.45) is 0.603. The molecule has 0 bridgehead atoms. The molecule has 0 saturated heterocycles. The van der Waals surface area contributed by atoms with E-state index in [2.05, 4.69) is 0 Å². The lowest BCUT2D eigenvalue weighted by atomic mass is 10.0. The summed E-state index contributed by atoms with van der Waals surface area (Å²) in [7, 11) is 1.40. The van der Waals surface area contributed by atoms with Gasteiger partial charge in [0.2, 0.25) is 0 Å². The highest BCUT2D eigenvalue weighted by molar-refractivity contribution is 6.30. The van der Waals surface area contributed by atoms with Gasteiger partial charge >= 0.3 is 5.97 Å². The van der Waals surface area contributed by atoms with E-state index in [0.29, 0.717) is 29.3 Å². The summed E-state index contributed by atoms with van der Waals surface area (Å²) >= 11 is 6.04. The van der Waals surface area contributed by atoms with E-state index >= 15 is 0 Å². The summed E-state index contributed by atoms with van der Waals surface area (Å²) in [6.45, 7) is 0.499. The second-order valence-corrected chi connectivity index (χ2v) is 8.09. The van der Waals surface area contributed by atoms with Gasteiger partial charge in [0.05, 0.1) is 24.1 Å². The molecule has 0 saturated carbocycles. The fourth-order valence-corrected chi connectivity index (χ4v) is 4.13. The topological polar surface area (TPSA) is 48.4 Å². The maximum atomic E-state index is 12.6. The molecule has 0 amide bonds. The third kappa shape index (κ3) is 3.85. The Labute approximate surface area is 191 Å². The molecule has 0 fully saturated rings. The summed E-state index contributed by atoms with van der Waals surface area (Å²) in [5, 5.41) is 0.650. The zero-order valence-corrected chi connectivity index (χ0v) is 18.2. The maximum absolute atomic E-state index is 12.6. The number of rotatable bonds is 5. The number of fused-ring (bicyclic) bond motifs is 3. The molecule has 0 atom stereocenters. The fourth-order valence-electron chi connectivity index (χ4n) is 4.00. The largest absolute Gasteiger partial charge is 0.489 e. The third-order valence-corrected chi connectivity index (χ3v) is 5.87. The number of esters is 1. The molecule has 0 N–H and O–H groups in total. The first-order valence-corrected chi connectivity index (χ1v) is 10.7. The van der Waals surface area contributed by atoms with Crippen molar-refractivity contribution in [3.05, 3.63) is 106 Å². The van der Waals surface area contributed by atoms with Gasteiger partial charge < -0.3 is 9.47 Å². The van der Waals surface area contributed by atoms with Gasteiger partial charge in [-0.25, -0.2) is 9.78 Å². The number of carbonyl (C=O) groups is 1. The summed E-state index contributed by atoms with van der Waals surface area (Å²) in [5.41, 5.74) is 7.01. The van der Waals surface area contributed by atoms with Crippen molar-refractivity contribution in [3.8, 4) is 28.3 Å². The van der Waals surface area contributed by atoms with Crippen LogP contribution in [0.4, 0.5) is 0 Å². The molecule has 0 radical (unpaired) electrons. The van der Waals surface area contributed by atoms with Gasteiger partial charge in [-0.3, -0.25) is 0 Å². The van der Waals surface area contributed by atoms with Crippen LogP contribution in [0, 0.1) is 0 Å². The fraction of sp³-hybridized carbons (Fsp3) is 0.111. The normalized spacial score (nSPS) is 11.6. The Morgan fingerprint density at radius 1 is 1.00 bits per heavy atom. The minimum Gasteiger partial charge on any atom is -0.489 e. The van der Waals surface area contributed by atoms with E-state index in [0.717, 1.165) is 39.3 Å². The van der Waals surface area contributed by atoms with E-state index in [9.17, 15) is 4.79 Å². The number of benzene rings is 3. The summed E-state index contributed by atoms with van der Waals surface area (Å²) in [5.74, 6) is 0.421. The van der Waals surface area contributed by atoms with Crippen molar-refractivity contribution in [1.29, 1.82) is 0 Å². The second-order valence-electron chi connectivity index (χ2n) is 7.65. The number of nitrogens with zero attached hydrogens (tertiary/aromatic N) is 1. The summed E-state index contributed by atoms with van der Waals surface area (Å²) < 4.78 is 11.1. The molecule has 1 aromatic heterocycles. The molecule has 1 aliphatic carbocycles. The predicted octanol–water partition coefficient (Wildman–Crippen LogP) is 6.34. The van der Waals surface area contributed by atoms with E-state index in [1.807, 2.05) is 72.8 Å². The second kappa shape index (κ2) is 8.48. The first-order chi connectivity index (χ1) is 15.6. The molecule has 0 aliphatic heterocycles. The Bertz CT molecular complexity index is 1300. The number of aromatic nitrogens is 1. The van der Waals surface area contributed by atoms with Crippen molar-refractivity contribution in [1.82, 2.24) is 4.98 Å². The van der Waals surface area contributed by atoms with E-state index < -0.39 is 0 Å². The highest BCUT2D eigenvalue weighted by Gasteiger charge is 2.27. The van der Waals surface area contributed by atoms with Gasteiger partial charge in [-0.05, 0) is 53.1 Å². The van der Waals surface area contributed by atoms with Crippen LogP contribution in [0.1, 0.15) is 27.0 Å². The van der Waals surface area contributed by atoms with E-state index in [4.69, 9.17) is 26.1 Å². The standard InChI is InChI=1S/C27H20ClNO3/c1-31-27(30)24-15-25(18-7-9-20(28)10-8-18)29-26-22-12-11-21(13-19(22)14-23(24)26)32-16-17-5-3-2-4-6-17/h2-13,15H,14,16H2,1H3. The highest BCUT2D eigenvalue weighted by Crippen LogP contribution is 2.40. The molecular formula is C27H20ClNO3.